The van der Waals surface area contributed by atoms with E-state index in [1.807, 2.05) is 0 Å². The van der Waals surface area contributed by atoms with Gasteiger partial charge in [-0.3, -0.25) is 0 Å². The topological polar surface area (TPSA) is 12.5 Å². The molecule has 90 valence electrons. The molecule has 0 aromatic carbocycles. The van der Waals surface area contributed by atoms with Crippen molar-refractivity contribution in [1.82, 2.24) is 0 Å². The van der Waals surface area contributed by atoms with Gasteiger partial charge in [0.15, 0.2) is 14.1 Å². The minimum absolute atomic E-state index is 0.0420. The Morgan fingerprint density at radius 1 is 0.688 bits per heavy atom. The standard InChI is InChI=1S/C7Cl8O/c8-1-2(9)4(11)5(12,13)3(1,10)6(14)7(4,15)16-6/t3-,4-,6-,7-/m1/s1. The van der Waals surface area contributed by atoms with Gasteiger partial charge in [-0.2, -0.15) is 0 Å². The first-order valence-electron chi connectivity index (χ1n) is 3.92. The predicted octanol–water partition coefficient (Wildman–Crippen LogP) is 4.73. The Balaban J connectivity index is 2.41. The van der Waals surface area contributed by atoms with E-state index in [-0.39, 0.29) is 10.1 Å². The van der Waals surface area contributed by atoms with Crippen LogP contribution in [-0.4, -0.2) is 24.2 Å². The van der Waals surface area contributed by atoms with Gasteiger partial charge in [-0.15, -0.1) is 23.2 Å². The number of epoxide rings is 1. The molecule has 2 aliphatic carbocycles. The first-order valence-corrected chi connectivity index (χ1v) is 6.94. The molecule has 0 amide bonds. The van der Waals surface area contributed by atoms with Gasteiger partial charge in [0.2, 0.25) is 10.1 Å². The Hall–Kier alpha value is 2.02. The molecule has 0 N–H and O–H groups in total. The van der Waals surface area contributed by atoms with Gasteiger partial charge < -0.3 is 4.74 Å². The zero-order valence-electron chi connectivity index (χ0n) is 6.93. The maximum atomic E-state index is 6.28. The van der Waals surface area contributed by atoms with E-state index < -0.39 is 24.2 Å². The van der Waals surface area contributed by atoms with Crippen LogP contribution in [0, 0.1) is 0 Å². The zero-order valence-corrected chi connectivity index (χ0v) is 13.0. The summed E-state index contributed by atoms with van der Waals surface area (Å²) in [6.07, 6.45) is 0. The maximum absolute atomic E-state index is 6.28. The van der Waals surface area contributed by atoms with Gasteiger partial charge in [0, 0.05) is 0 Å². The summed E-state index contributed by atoms with van der Waals surface area (Å²) in [7, 11) is 0. The molecule has 0 radical (unpaired) electrons. The van der Waals surface area contributed by atoms with Crippen LogP contribution in [0.4, 0.5) is 0 Å². The summed E-state index contributed by atoms with van der Waals surface area (Å²) in [6, 6.07) is 0. The monoisotopic (exact) mass is 380 g/mol. The molecule has 1 saturated heterocycles. The fraction of sp³-hybridized carbons (Fsp3) is 0.714. The minimum Gasteiger partial charge on any atom is -0.324 e. The molecule has 1 heterocycles. The van der Waals surface area contributed by atoms with Gasteiger partial charge in [-0.1, -0.05) is 69.6 Å². The molecule has 1 aliphatic heterocycles. The van der Waals surface area contributed by atoms with Crippen LogP contribution in [0.2, 0.25) is 0 Å². The van der Waals surface area contributed by atoms with Gasteiger partial charge in [-0.05, 0) is 0 Å². The highest BCUT2D eigenvalue weighted by molar-refractivity contribution is 6.70. The van der Waals surface area contributed by atoms with Crippen LogP contribution in [-0.2, 0) is 4.74 Å². The van der Waals surface area contributed by atoms with Crippen LogP contribution in [0.1, 0.15) is 0 Å². The molecule has 2 fully saturated rings. The molecule has 2 bridgehead atoms. The molecule has 0 spiro atoms. The molecule has 0 aromatic heterocycles. The van der Waals surface area contributed by atoms with Gasteiger partial charge >= 0.3 is 0 Å². The molecule has 0 unspecified atom stereocenters. The Morgan fingerprint density at radius 3 is 1.25 bits per heavy atom. The molecule has 16 heavy (non-hydrogen) atoms. The van der Waals surface area contributed by atoms with E-state index in [0.717, 1.165) is 0 Å². The molecule has 3 rings (SSSR count). The summed E-state index contributed by atoms with van der Waals surface area (Å²) in [4.78, 5) is -3.35. The van der Waals surface area contributed by atoms with Crippen molar-refractivity contribution in [3.8, 4) is 0 Å². The predicted molar refractivity (Wildman–Crippen MR) is 68.6 cm³/mol. The van der Waals surface area contributed by atoms with Crippen LogP contribution in [0.25, 0.3) is 0 Å². The number of rotatable bonds is 0. The van der Waals surface area contributed by atoms with Crippen molar-refractivity contribution in [2.45, 2.75) is 24.2 Å². The van der Waals surface area contributed by atoms with E-state index in [2.05, 4.69) is 0 Å². The van der Waals surface area contributed by atoms with Crippen LogP contribution in [0.3, 0.4) is 0 Å². The quantitative estimate of drug-likeness (QED) is 0.435. The van der Waals surface area contributed by atoms with Crippen molar-refractivity contribution < 1.29 is 4.74 Å². The van der Waals surface area contributed by atoms with Crippen molar-refractivity contribution >= 4 is 92.8 Å². The van der Waals surface area contributed by atoms with Crippen LogP contribution in [0.15, 0.2) is 10.1 Å². The van der Waals surface area contributed by atoms with Crippen LogP contribution >= 0.6 is 92.8 Å². The number of hydrogen-bond donors (Lipinski definition) is 0. The summed E-state index contributed by atoms with van der Waals surface area (Å²) in [5.41, 5.74) is 0. The second-order valence-corrected chi connectivity index (χ2v) is 8.09. The first kappa shape index (κ1) is 13.0. The lowest BCUT2D eigenvalue weighted by Gasteiger charge is -2.35. The van der Waals surface area contributed by atoms with Crippen molar-refractivity contribution in [1.29, 1.82) is 0 Å². The Morgan fingerprint density at radius 2 is 1.00 bits per heavy atom. The summed E-state index contributed by atoms with van der Waals surface area (Å²) in [6.45, 7) is 0. The summed E-state index contributed by atoms with van der Waals surface area (Å²) in [5.74, 6) is 0. The largest absolute Gasteiger partial charge is 0.324 e. The second-order valence-electron chi connectivity index (χ2n) is 3.81. The van der Waals surface area contributed by atoms with Crippen molar-refractivity contribution in [3.63, 3.8) is 0 Å². The average Bonchev–Trinajstić information content (AvgIpc) is 2.73. The summed E-state index contributed by atoms with van der Waals surface area (Å²) < 4.78 is 3.42. The lowest BCUT2D eigenvalue weighted by molar-refractivity contribution is 0.250. The summed E-state index contributed by atoms with van der Waals surface area (Å²) >= 11 is 49.1. The average molecular weight is 384 g/mol. The lowest BCUT2D eigenvalue weighted by Crippen LogP contribution is -2.50. The SMILES string of the molecule is ClC1=C(Cl)[C@@]2(Cl)C(Cl)(Cl)[C@@]1(Cl)[C@@]1(Cl)O[C@@]12Cl. The third-order valence-corrected chi connectivity index (χ3v) is 8.98. The highest BCUT2D eigenvalue weighted by Crippen LogP contribution is 2.89. The van der Waals surface area contributed by atoms with Gasteiger partial charge in [0.25, 0.3) is 0 Å². The highest BCUT2D eigenvalue weighted by atomic mass is 35.5. The number of hydrogen-bond acceptors (Lipinski definition) is 1. The molecular formula is C7Cl8O. The van der Waals surface area contributed by atoms with Crippen LogP contribution in [0.5, 0.6) is 0 Å². The van der Waals surface area contributed by atoms with Crippen molar-refractivity contribution in [2.24, 2.45) is 0 Å². The van der Waals surface area contributed by atoms with Gasteiger partial charge in [0.1, 0.15) is 0 Å². The normalized spacial score (nSPS) is 61.5. The highest BCUT2D eigenvalue weighted by Gasteiger charge is 3.03. The minimum atomic E-state index is -1.76. The van der Waals surface area contributed by atoms with Crippen molar-refractivity contribution in [2.75, 3.05) is 0 Å². The van der Waals surface area contributed by atoms with E-state index in [1.165, 1.54) is 0 Å². The number of halogens is 8. The summed E-state index contributed by atoms with van der Waals surface area (Å²) in [5, 5.41) is -3.22. The Kier molecular flexibility index (Phi) is 2.34. The lowest BCUT2D eigenvalue weighted by atomic mass is 10.1. The number of ether oxygens (including phenoxy) is 1. The van der Waals surface area contributed by atoms with Gasteiger partial charge in [-0.25, -0.2) is 0 Å². The molecular weight excluding hydrogens is 384 g/mol. The molecule has 1 saturated carbocycles. The third kappa shape index (κ3) is 0.805. The van der Waals surface area contributed by atoms with E-state index in [9.17, 15) is 0 Å². The van der Waals surface area contributed by atoms with Crippen LogP contribution < -0.4 is 0 Å². The van der Waals surface area contributed by atoms with E-state index in [0.29, 0.717) is 0 Å². The second kappa shape index (κ2) is 2.87. The fourth-order valence-corrected chi connectivity index (χ4v) is 6.57. The zero-order chi connectivity index (χ0) is 12.4. The first-order chi connectivity index (χ1) is 7.02. The smallest absolute Gasteiger partial charge is 0.216 e. The molecule has 4 atom stereocenters. The Labute approximate surface area is 131 Å². The van der Waals surface area contributed by atoms with E-state index >= 15 is 0 Å². The van der Waals surface area contributed by atoms with Gasteiger partial charge in [0.05, 0.1) is 10.1 Å². The Bertz CT molecular complexity index is 423. The maximum Gasteiger partial charge on any atom is 0.216 e. The fourth-order valence-electron chi connectivity index (χ4n) is 2.25. The molecule has 3 aliphatic rings. The third-order valence-electron chi connectivity index (χ3n) is 3.20. The molecule has 0 aromatic rings. The van der Waals surface area contributed by atoms with E-state index in [1.54, 1.807) is 0 Å². The van der Waals surface area contributed by atoms with E-state index in [4.69, 9.17) is 97.5 Å². The van der Waals surface area contributed by atoms with Crippen molar-refractivity contribution in [3.05, 3.63) is 10.1 Å². The number of fused-ring (bicyclic) bond motifs is 5. The number of alkyl halides is 6. The molecule has 9 heteroatoms. The molecule has 1 nitrogen and oxygen atoms in total.